The zero-order valence-corrected chi connectivity index (χ0v) is 17.2. The smallest absolute Gasteiger partial charge is 0.213 e. The molecule has 0 radical (unpaired) electrons. The second-order valence-electron chi connectivity index (χ2n) is 11.1. The standard InChI is InChI=1S/C23H30O5/c1-12-13-7-8-14-21-10-6-9-19(2,3)15(21)17(25)23(26-11-21)22(14,16(12)24)18(13)27-20(4,5)28-23/h6,10,13-15,17-18,25H,1,7-9,11H2,2-5H3/t13-,14?,15?,17-,18+,21+,22-,23+/m0/s1. The molecule has 8 atom stereocenters. The number of rotatable bonds is 0. The van der Waals surface area contributed by atoms with Gasteiger partial charge in [0.1, 0.15) is 11.5 Å². The molecular formula is C23H30O5. The van der Waals surface area contributed by atoms with Gasteiger partial charge in [-0.25, -0.2) is 0 Å². The van der Waals surface area contributed by atoms with Crippen molar-refractivity contribution in [2.75, 3.05) is 6.61 Å². The minimum atomic E-state index is -1.37. The maximum absolute atomic E-state index is 13.9. The summed E-state index contributed by atoms with van der Waals surface area (Å²) in [4.78, 5) is 13.9. The molecule has 7 aliphatic rings. The van der Waals surface area contributed by atoms with E-state index in [1.165, 1.54) is 0 Å². The lowest BCUT2D eigenvalue weighted by molar-refractivity contribution is -0.523. The number of carbonyl (C=O) groups is 1. The van der Waals surface area contributed by atoms with Crippen LogP contribution in [0.5, 0.6) is 0 Å². The Balaban J connectivity index is 1.69. The van der Waals surface area contributed by atoms with E-state index in [4.69, 9.17) is 14.2 Å². The van der Waals surface area contributed by atoms with Crippen LogP contribution < -0.4 is 0 Å². The van der Waals surface area contributed by atoms with Crippen molar-refractivity contribution in [1.29, 1.82) is 0 Å². The molecule has 0 aromatic carbocycles. The van der Waals surface area contributed by atoms with E-state index in [0.29, 0.717) is 12.2 Å². The minimum absolute atomic E-state index is 0.00569. The quantitative estimate of drug-likeness (QED) is 0.512. The Morgan fingerprint density at radius 3 is 2.71 bits per heavy atom. The summed E-state index contributed by atoms with van der Waals surface area (Å²) in [6, 6.07) is 0. The first-order valence-electron chi connectivity index (χ1n) is 10.6. The van der Waals surface area contributed by atoms with Gasteiger partial charge in [0.25, 0.3) is 0 Å². The van der Waals surface area contributed by atoms with Crippen LogP contribution in [-0.2, 0) is 19.0 Å². The lowest BCUT2D eigenvalue weighted by atomic mass is 9.37. The molecule has 3 saturated heterocycles. The van der Waals surface area contributed by atoms with E-state index >= 15 is 0 Å². The first kappa shape index (κ1) is 17.8. The molecule has 3 spiro atoms. The van der Waals surface area contributed by atoms with Crippen molar-refractivity contribution < 1.29 is 24.1 Å². The SMILES string of the molecule is C=C1C(=O)[C@@]23C4CC[C@@H]1[C@H]2OC(C)(C)O[C@@]31OC[C@]42C=CCC(C)(C)C2[C@@H]1O. The third-order valence-electron chi connectivity index (χ3n) is 9.01. The highest BCUT2D eigenvalue weighted by Gasteiger charge is 2.88. The van der Waals surface area contributed by atoms with Crippen LogP contribution in [0.4, 0.5) is 0 Å². The molecule has 5 heteroatoms. The molecule has 28 heavy (non-hydrogen) atoms. The summed E-state index contributed by atoms with van der Waals surface area (Å²) in [5, 5.41) is 11.9. The molecule has 4 aliphatic carbocycles. The van der Waals surface area contributed by atoms with E-state index in [9.17, 15) is 9.90 Å². The largest absolute Gasteiger partial charge is 0.387 e. The maximum atomic E-state index is 13.9. The van der Waals surface area contributed by atoms with Crippen LogP contribution in [0.1, 0.15) is 47.0 Å². The Hall–Kier alpha value is -1.01. The third kappa shape index (κ3) is 1.53. The predicted octanol–water partition coefficient (Wildman–Crippen LogP) is 2.98. The van der Waals surface area contributed by atoms with Crippen molar-refractivity contribution in [1.82, 2.24) is 0 Å². The number of carbonyl (C=O) groups excluding carboxylic acids is 1. The number of aliphatic hydroxyl groups is 1. The summed E-state index contributed by atoms with van der Waals surface area (Å²) in [5.41, 5.74) is -0.859. The Morgan fingerprint density at radius 1 is 1.21 bits per heavy atom. The van der Waals surface area contributed by atoms with Gasteiger partial charge in [-0.15, -0.1) is 0 Å². The van der Waals surface area contributed by atoms with Crippen molar-refractivity contribution in [3.05, 3.63) is 24.3 Å². The first-order chi connectivity index (χ1) is 13.0. The second-order valence-corrected chi connectivity index (χ2v) is 11.1. The predicted molar refractivity (Wildman–Crippen MR) is 101 cm³/mol. The zero-order valence-electron chi connectivity index (χ0n) is 17.2. The van der Waals surface area contributed by atoms with E-state index in [0.717, 1.165) is 19.3 Å². The van der Waals surface area contributed by atoms with Crippen LogP contribution in [0.2, 0.25) is 0 Å². The molecule has 0 amide bonds. The minimum Gasteiger partial charge on any atom is -0.387 e. The van der Waals surface area contributed by atoms with E-state index in [2.05, 4.69) is 32.6 Å². The molecule has 2 unspecified atom stereocenters. The number of ether oxygens (including phenoxy) is 3. The molecule has 6 fully saturated rings. The van der Waals surface area contributed by atoms with Gasteiger partial charge < -0.3 is 19.3 Å². The summed E-state index contributed by atoms with van der Waals surface area (Å²) >= 11 is 0. The van der Waals surface area contributed by atoms with E-state index < -0.39 is 23.1 Å². The highest BCUT2D eigenvalue weighted by molar-refractivity contribution is 6.05. The van der Waals surface area contributed by atoms with Crippen molar-refractivity contribution in [3.8, 4) is 0 Å². The van der Waals surface area contributed by atoms with Gasteiger partial charge in [0.05, 0.1) is 12.7 Å². The molecule has 152 valence electrons. The highest BCUT2D eigenvalue weighted by atomic mass is 16.8. The number of hydrogen-bond acceptors (Lipinski definition) is 5. The summed E-state index contributed by atoms with van der Waals surface area (Å²) < 4.78 is 19.4. The molecule has 5 nitrogen and oxygen atoms in total. The van der Waals surface area contributed by atoms with Gasteiger partial charge in [-0.1, -0.05) is 32.6 Å². The molecule has 3 saturated carbocycles. The van der Waals surface area contributed by atoms with Crippen molar-refractivity contribution >= 4 is 5.78 Å². The molecule has 7 rings (SSSR count). The molecule has 3 heterocycles. The van der Waals surface area contributed by atoms with Gasteiger partial charge in [0.2, 0.25) is 5.79 Å². The fraction of sp³-hybridized carbons (Fsp3) is 0.783. The van der Waals surface area contributed by atoms with Crippen LogP contribution in [0, 0.1) is 34.0 Å². The van der Waals surface area contributed by atoms with Gasteiger partial charge in [0.15, 0.2) is 11.6 Å². The van der Waals surface area contributed by atoms with Gasteiger partial charge in [-0.05, 0) is 50.0 Å². The number of Topliss-reactive ketones (excluding diaryl/α,β-unsaturated/α-hetero) is 1. The number of ketones is 1. The van der Waals surface area contributed by atoms with Crippen molar-refractivity contribution in [2.24, 2.45) is 34.0 Å². The molecule has 0 aromatic rings. The van der Waals surface area contributed by atoms with E-state index in [1.54, 1.807) is 0 Å². The van der Waals surface area contributed by atoms with Crippen LogP contribution >= 0.6 is 0 Å². The Bertz CT molecular complexity index is 842. The van der Waals surface area contributed by atoms with Crippen LogP contribution in [0.3, 0.4) is 0 Å². The molecule has 0 aromatic heterocycles. The fourth-order valence-corrected chi connectivity index (χ4v) is 8.39. The van der Waals surface area contributed by atoms with Crippen molar-refractivity contribution in [3.63, 3.8) is 0 Å². The topological polar surface area (TPSA) is 65.0 Å². The number of hydrogen-bond donors (Lipinski definition) is 1. The van der Waals surface area contributed by atoms with E-state index in [1.807, 2.05) is 13.8 Å². The average Bonchev–Trinajstić information content (AvgIpc) is 2.71. The van der Waals surface area contributed by atoms with Crippen LogP contribution in [0.15, 0.2) is 24.3 Å². The van der Waals surface area contributed by atoms with Crippen molar-refractivity contribution in [2.45, 2.75) is 70.7 Å². The lowest BCUT2D eigenvalue weighted by Crippen LogP contribution is -2.86. The molecule has 4 bridgehead atoms. The first-order valence-corrected chi connectivity index (χ1v) is 10.6. The zero-order chi connectivity index (χ0) is 19.9. The second kappa shape index (κ2) is 4.66. The Kier molecular flexibility index (Phi) is 2.97. The molecule has 3 aliphatic heterocycles. The summed E-state index contributed by atoms with van der Waals surface area (Å²) in [7, 11) is 0. The number of aliphatic hydroxyl groups excluding tert-OH is 1. The highest BCUT2D eigenvalue weighted by Crippen LogP contribution is 2.78. The van der Waals surface area contributed by atoms with Gasteiger partial charge in [-0.3, -0.25) is 4.79 Å². The van der Waals surface area contributed by atoms with Crippen LogP contribution in [0.25, 0.3) is 0 Å². The van der Waals surface area contributed by atoms with Gasteiger partial charge in [-0.2, -0.15) is 0 Å². The number of allylic oxidation sites excluding steroid dienone is 1. The third-order valence-corrected chi connectivity index (χ3v) is 9.01. The Morgan fingerprint density at radius 2 is 1.96 bits per heavy atom. The monoisotopic (exact) mass is 386 g/mol. The van der Waals surface area contributed by atoms with Gasteiger partial charge in [0, 0.05) is 17.3 Å². The lowest BCUT2D eigenvalue weighted by Gasteiger charge is -2.76. The van der Waals surface area contributed by atoms with E-state index in [-0.39, 0.29) is 40.5 Å². The summed E-state index contributed by atoms with van der Waals surface area (Å²) in [6.07, 6.45) is 5.95. The maximum Gasteiger partial charge on any atom is 0.213 e. The molecule has 1 N–H and O–H groups in total. The van der Waals surface area contributed by atoms with Crippen LogP contribution in [-0.4, -0.2) is 41.3 Å². The summed E-state index contributed by atoms with van der Waals surface area (Å²) in [6.45, 7) is 12.8. The normalized spacial score (nSPS) is 57.1. The fourth-order valence-electron chi connectivity index (χ4n) is 8.39. The number of fused-ring (bicyclic) bond motifs is 1. The van der Waals surface area contributed by atoms with Gasteiger partial charge >= 0.3 is 0 Å². The summed E-state index contributed by atoms with van der Waals surface area (Å²) in [5.74, 6) is -2.33. The average molecular weight is 386 g/mol. The molecular weight excluding hydrogens is 356 g/mol. The Labute approximate surface area is 166 Å².